The van der Waals surface area contributed by atoms with Gasteiger partial charge in [-0.25, -0.2) is 8.42 Å². The van der Waals surface area contributed by atoms with Gasteiger partial charge >= 0.3 is 0 Å². The molecular formula is C27H32N2O6S. The molecule has 9 heteroatoms. The number of carbonyl (C=O) groups is 1. The van der Waals surface area contributed by atoms with Crippen molar-refractivity contribution >= 4 is 21.6 Å². The van der Waals surface area contributed by atoms with E-state index in [0.717, 1.165) is 21.2 Å². The Bertz CT molecular complexity index is 1270. The molecule has 0 heterocycles. The van der Waals surface area contributed by atoms with Crippen LogP contribution in [0.3, 0.4) is 0 Å². The Morgan fingerprint density at radius 3 is 2.14 bits per heavy atom. The summed E-state index contributed by atoms with van der Waals surface area (Å²) in [7, 11) is -1.20. The minimum atomic E-state index is -4.10. The molecular weight excluding hydrogens is 480 g/mol. The average Bonchev–Trinajstić information content (AvgIpc) is 2.86. The summed E-state index contributed by atoms with van der Waals surface area (Å²) in [4.78, 5) is 12.9. The smallest absolute Gasteiger partial charge is 0.264 e. The lowest BCUT2D eigenvalue weighted by Gasteiger charge is -2.24. The Balaban J connectivity index is 1.82. The summed E-state index contributed by atoms with van der Waals surface area (Å²) in [5, 5.41) is 2.80. The Hall–Kier alpha value is -3.72. The number of hydrogen-bond acceptors (Lipinski definition) is 6. The normalized spacial score (nSPS) is 11.2. The van der Waals surface area contributed by atoms with Crippen molar-refractivity contribution in [3.8, 4) is 17.2 Å². The number of ether oxygens (including phenoxy) is 3. The Kier molecular flexibility index (Phi) is 8.82. The summed E-state index contributed by atoms with van der Waals surface area (Å²) in [6.07, 6.45) is 0.0657. The van der Waals surface area contributed by atoms with Crippen molar-refractivity contribution in [1.82, 2.24) is 5.32 Å². The second-order valence-corrected chi connectivity index (χ2v) is 10.3. The third-order valence-electron chi connectivity index (χ3n) is 5.34. The van der Waals surface area contributed by atoms with Crippen LogP contribution in [-0.2, 0) is 21.4 Å². The largest absolute Gasteiger partial charge is 0.493 e. The Morgan fingerprint density at radius 2 is 1.56 bits per heavy atom. The number of amides is 1. The predicted octanol–water partition coefficient (Wildman–Crippen LogP) is 4.31. The number of nitrogens with one attached hydrogen (secondary N) is 1. The molecule has 36 heavy (non-hydrogen) atoms. The fourth-order valence-corrected chi connectivity index (χ4v) is 4.91. The van der Waals surface area contributed by atoms with E-state index in [1.54, 1.807) is 24.3 Å². The predicted molar refractivity (Wildman–Crippen MR) is 139 cm³/mol. The first-order chi connectivity index (χ1) is 17.1. The standard InChI is InChI=1S/C27H32N2O6S/c1-19(2)35-23-12-8-21(9-13-23)17-28-27(30)18-29(22-10-6-20(3)7-11-22)36(31,32)24-14-15-25(33-4)26(16-24)34-5/h6-16,19H,17-18H2,1-5H3,(H,28,30). The summed E-state index contributed by atoms with van der Waals surface area (Å²) < 4.78 is 44.5. The number of hydrogen-bond donors (Lipinski definition) is 1. The van der Waals surface area contributed by atoms with Crippen LogP contribution >= 0.6 is 0 Å². The van der Waals surface area contributed by atoms with Crippen molar-refractivity contribution in [2.45, 2.75) is 38.3 Å². The quantitative estimate of drug-likeness (QED) is 0.412. The molecule has 0 aliphatic carbocycles. The molecule has 1 N–H and O–H groups in total. The summed E-state index contributed by atoms with van der Waals surface area (Å²) in [6, 6.07) is 18.7. The Morgan fingerprint density at radius 1 is 0.917 bits per heavy atom. The molecule has 0 saturated carbocycles. The van der Waals surface area contributed by atoms with Gasteiger partial charge in [0.25, 0.3) is 10.0 Å². The molecule has 0 fully saturated rings. The van der Waals surface area contributed by atoms with Crippen molar-refractivity contribution < 1.29 is 27.4 Å². The highest BCUT2D eigenvalue weighted by atomic mass is 32.2. The molecule has 3 aromatic carbocycles. The number of sulfonamides is 1. The molecule has 0 radical (unpaired) electrons. The molecule has 0 bridgehead atoms. The number of benzene rings is 3. The fourth-order valence-electron chi connectivity index (χ4n) is 3.48. The molecule has 1 amide bonds. The van der Waals surface area contributed by atoms with Gasteiger partial charge in [-0.05, 0) is 62.7 Å². The summed E-state index contributed by atoms with van der Waals surface area (Å²) >= 11 is 0. The lowest BCUT2D eigenvalue weighted by molar-refractivity contribution is -0.119. The first kappa shape index (κ1) is 26.9. The van der Waals surface area contributed by atoms with E-state index in [-0.39, 0.29) is 23.3 Å². The third kappa shape index (κ3) is 6.69. The van der Waals surface area contributed by atoms with Gasteiger partial charge in [-0.3, -0.25) is 9.10 Å². The van der Waals surface area contributed by atoms with Gasteiger partial charge in [0.1, 0.15) is 12.3 Å². The monoisotopic (exact) mass is 512 g/mol. The number of rotatable bonds is 11. The highest BCUT2D eigenvalue weighted by molar-refractivity contribution is 7.92. The highest BCUT2D eigenvalue weighted by Gasteiger charge is 2.28. The Labute approximate surface area is 212 Å². The van der Waals surface area contributed by atoms with E-state index < -0.39 is 22.5 Å². The molecule has 3 aromatic rings. The van der Waals surface area contributed by atoms with Gasteiger partial charge in [0.15, 0.2) is 11.5 Å². The van der Waals surface area contributed by atoms with Crippen LogP contribution in [0.1, 0.15) is 25.0 Å². The number of methoxy groups -OCH3 is 2. The van der Waals surface area contributed by atoms with E-state index in [0.29, 0.717) is 11.4 Å². The van der Waals surface area contributed by atoms with Crippen LogP contribution in [0.5, 0.6) is 17.2 Å². The molecule has 0 saturated heterocycles. The molecule has 0 atom stereocenters. The number of nitrogens with zero attached hydrogens (tertiary/aromatic N) is 1. The van der Waals surface area contributed by atoms with Crippen molar-refractivity contribution in [3.05, 3.63) is 77.9 Å². The van der Waals surface area contributed by atoms with Gasteiger partial charge in [-0.15, -0.1) is 0 Å². The van der Waals surface area contributed by atoms with Crippen LogP contribution in [0.25, 0.3) is 0 Å². The van der Waals surface area contributed by atoms with Crippen LogP contribution < -0.4 is 23.8 Å². The molecule has 8 nitrogen and oxygen atoms in total. The maximum absolute atomic E-state index is 13.7. The second-order valence-electron chi connectivity index (χ2n) is 8.45. The van der Waals surface area contributed by atoms with Crippen LogP contribution in [0, 0.1) is 6.92 Å². The van der Waals surface area contributed by atoms with Crippen LogP contribution in [-0.4, -0.2) is 41.2 Å². The van der Waals surface area contributed by atoms with Crippen molar-refractivity contribution in [3.63, 3.8) is 0 Å². The van der Waals surface area contributed by atoms with Gasteiger partial charge in [0.05, 0.1) is 30.9 Å². The summed E-state index contributed by atoms with van der Waals surface area (Å²) in [6.45, 7) is 5.66. The van der Waals surface area contributed by atoms with Crippen LogP contribution in [0.4, 0.5) is 5.69 Å². The molecule has 0 spiro atoms. The molecule has 0 aliphatic heterocycles. The van der Waals surface area contributed by atoms with E-state index in [1.807, 2.05) is 45.0 Å². The van der Waals surface area contributed by atoms with E-state index in [9.17, 15) is 13.2 Å². The minimum Gasteiger partial charge on any atom is -0.493 e. The number of aryl methyl sites for hydroxylation is 1. The van der Waals surface area contributed by atoms with E-state index in [4.69, 9.17) is 14.2 Å². The van der Waals surface area contributed by atoms with Crippen molar-refractivity contribution in [1.29, 1.82) is 0 Å². The van der Waals surface area contributed by atoms with Gasteiger partial charge in [-0.1, -0.05) is 29.8 Å². The van der Waals surface area contributed by atoms with E-state index >= 15 is 0 Å². The van der Waals surface area contributed by atoms with Crippen LogP contribution in [0.2, 0.25) is 0 Å². The number of anilines is 1. The maximum Gasteiger partial charge on any atom is 0.264 e. The molecule has 0 aromatic heterocycles. The number of carbonyl (C=O) groups excluding carboxylic acids is 1. The molecule has 3 rings (SSSR count). The van der Waals surface area contributed by atoms with E-state index in [2.05, 4.69) is 5.32 Å². The molecule has 0 aliphatic rings. The lowest BCUT2D eigenvalue weighted by atomic mass is 10.2. The molecule has 0 unspecified atom stereocenters. The molecule has 192 valence electrons. The second kappa shape index (κ2) is 11.8. The minimum absolute atomic E-state index is 0.0192. The maximum atomic E-state index is 13.7. The zero-order valence-electron chi connectivity index (χ0n) is 21.1. The zero-order chi connectivity index (χ0) is 26.3. The van der Waals surface area contributed by atoms with Gasteiger partial charge in [-0.2, -0.15) is 0 Å². The van der Waals surface area contributed by atoms with Crippen LogP contribution in [0.15, 0.2) is 71.6 Å². The van der Waals surface area contributed by atoms with Crippen molar-refractivity contribution in [2.75, 3.05) is 25.1 Å². The van der Waals surface area contributed by atoms with Gasteiger partial charge in [0.2, 0.25) is 5.91 Å². The highest BCUT2D eigenvalue weighted by Crippen LogP contribution is 2.32. The van der Waals surface area contributed by atoms with Crippen molar-refractivity contribution in [2.24, 2.45) is 0 Å². The summed E-state index contributed by atoms with van der Waals surface area (Å²) in [5.74, 6) is 0.978. The first-order valence-electron chi connectivity index (χ1n) is 11.5. The lowest BCUT2D eigenvalue weighted by Crippen LogP contribution is -2.40. The topological polar surface area (TPSA) is 94.2 Å². The SMILES string of the molecule is COc1ccc(S(=O)(=O)N(CC(=O)NCc2ccc(OC(C)C)cc2)c2ccc(C)cc2)cc1OC. The third-order valence-corrected chi connectivity index (χ3v) is 7.11. The van der Waals surface area contributed by atoms with E-state index in [1.165, 1.54) is 32.4 Å². The fraction of sp³-hybridized carbons (Fsp3) is 0.296. The first-order valence-corrected chi connectivity index (χ1v) is 12.9. The summed E-state index contributed by atoms with van der Waals surface area (Å²) in [5.41, 5.74) is 2.21. The van der Waals surface area contributed by atoms with Gasteiger partial charge < -0.3 is 19.5 Å². The zero-order valence-corrected chi connectivity index (χ0v) is 22.0. The van der Waals surface area contributed by atoms with Gasteiger partial charge in [0, 0.05) is 12.6 Å². The average molecular weight is 513 g/mol.